The summed E-state index contributed by atoms with van der Waals surface area (Å²) in [6.45, 7) is 3.61. The van der Waals surface area contributed by atoms with Crippen molar-refractivity contribution in [1.82, 2.24) is 14.9 Å². The highest BCUT2D eigenvalue weighted by molar-refractivity contribution is 5.57. The molecule has 1 aromatic carbocycles. The first kappa shape index (κ1) is 10.4. The summed E-state index contributed by atoms with van der Waals surface area (Å²) < 4.78 is 1.00. The summed E-state index contributed by atoms with van der Waals surface area (Å²) in [4.78, 5) is 11.8. The van der Waals surface area contributed by atoms with Crippen LogP contribution < -0.4 is 11.4 Å². The van der Waals surface area contributed by atoms with Gasteiger partial charge in [0.25, 0.3) is 5.56 Å². The molecule has 0 radical (unpaired) electrons. The van der Waals surface area contributed by atoms with Crippen LogP contribution in [-0.4, -0.2) is 14.9 Å². The highest BCUT2D eigenvalue weighted by Crippen LogP contribution is 2.12. The number of aromatic nitrogens is 3. The van der Waals surface area contributed by atoms with E-state index in [1.54, 1.807) is 6.92 Å². The van der Waals surface area contributed by atoms with Crippen LogP contribution in [0.1, 0.15) is 11.4 Å². The molecule has 0 aliphatic heterocycles. The van der Waals surface area contributed by atoms with E-state index in [9.17, 15) is 4.79 Å². The van der Waals surface area contributed by atoms with E-state index in [4.69, 9.17) is 5.84 Å². The van der Waals surface area contributed by atoms with Gasteiger partial charge in [-0.1, -0.05) is 29.8 Å². The van der Waals surface area contributed by atoms with Gasteiger partial charge in [0.15, 0.2) is 11.5 Å². The lowest BCUT2D eigenvalue weighted by molar-refractivity contribution is 0.774. The number of nitrogens with zero attached hydrogens (tertiary/aromatic N) is 3. The Kier molecular flexibility index (Phi) is 2.44. The van der Waals surface area contributed by atoms with Gasteiger partial charge in [0.2, 0.25) is 0 Å². The fraction of sp³-hybridized carbons (Fsp3) is 0.182. The van der Waals surface area contributed by atoms with Gasteiger partial charge in [-0.05, 0) is 13.8 Å². The Hall–Kier alpha value is -2.17. The second-order valence-corrected chi connectivity index (χ2v) is 3.64. The first-order valence-corrected chi connectivity index (χ1v) is 4.88. The summed E-state index contributed by atoms with van der Waals surface area (Å²) in [5, 5.41) is 7.70. The van der Waals surface area contributed by atoms with Crippen molar-refractivity contribution in [3.8, 4) is 11.3 Å². The van der Waals surface area contributed by atoms with E-state index in [1.807, 2.05) is 31.2 Å². The summed E-state index contributed by atoms with van der Waals surface area (Å²) in [5.41, 5.74) is 1.78. The largest absolute Gasteiger partial charge is 0.335 e. The lowest BCUT2D eigenvalue weighted by Gasteiger charge is -2.04. The third-order valence-electron chi connectivity index (χ3n) is 2.39. The SMILES string of the molecule is Cc1ccc(-c2nnc(C)n(N)c2=O)cc1. The predicted octanol–water partition coefficient (Wildman–Crippen LogP) is 0.636. The van der Waals surface area contributed by atoms with E-state index in [0.29, 0.717) is 5.82 Å². The molecule has 2 N–H and O–H groups in total. The van der Waals surface area contributed by atoms with Gasteiger partial charge in [-0.3, -0.25) is 4.79 Å². The highest BCUT2D eigenvalue weighted by Gasteiger charge is 2.08. The number of aryl methyl sites for hydroxylation is 2. The minimum atomic E-state index is -0.337. The van der Waals surface area contributed by atoms with Crippen LogP contribution in [0.5, 0.6) is 0 Å². The normalized spacial score (nSPS) is 10.4. The average molecular weight is 216 g/mol. The lowest BCUT2D eigenvalue weighted by Crippen LogP contribution is -2.32. The molecule has 5 heteroatoms. The van der Waals surface area contributed by atoms with Crippen molar-refractivity contribution in [3.05, 3.63) is 46.0 Å². The van der Waals surface area contributed by atoms with Gasteiger partial charge in [0.1, 0.15) is 0 Å². The molecular weight excluding hydrogens is 204 g/mol. The van der Waals surface area contributed by atoms with Gasteiger partial charge in [-0.2, -0.15) is 0 Å². The number of nitrogens with two attached hydrogens (primary N) is 1. The Labute approximate surface area is 92.5 Å². The predicted molar refractivity (Wildman–Crippen MR) is 61.4 cm³/mol. The number of hydrogen-bond acceptors (Lipinski definition) is 4. The van der Waals surface area contributed by atoms with Crippen LogP contribution in [-0.2, 0) is 0 Å². The van der Waals surface area contributed by atoms with Crippen LogP contribution in [0, 0.1) is 13.8 Å². The van der Waals surface area contributed by atoms with E-state index in [1.165, 1.54) is 0 Å². The van der Waals surface area contributed by atoms with Gasteiger partial charge in [-0.15, -0.1) is 10.2 Å². The van der Waals surface area contributed by atoms with Gasteiger partial charge >= 0.3 is 0 Å². The second-order valence-electron chi connectivity index (χ2n) is 3.64. The van der Waals surface area contributed by atoms with Gasteiger partial charge < -0.3 is 5.84 Å². The molecule has 2 aromatic rings. The van der Waals surface area contributed by atoms with Crippen LogP contribution in [0.2, 0.25) is 0 Å². The number of benzene rings is 1. The Morgan fingerprint density at radius 3 is 2.38 bits per heavy atom. The minimum Gasteiger partial charge on any atom is -0.335 e. The van der Waals surface area contributed by atoms with Crippen LogP contribution in [0.15, 0.2) is 29.1 Å². The summed E-state index contributed by atoms with van der Waals surface area (Å²) >= 11 is 0. The topological polar surface area (TPSA) is 73.8 Å². The number of nitrogen functional groups attached to an aromatic ring is 1. The Morgan fingerprint density at radius 2 is 1.75 bits per heavy atom. The molecular formula is C11H12N4O. The molecule has 0 unspecified atom stereocenters. The molecule has 0 aliphatic rings. The van der Waals surface area contributed by atoms with Gasteiger partial charge in [0, 0.05) is 5.56 Å². The lowest BCUT2D eigenvalue weighted by atomic mass is 10.1. The maximum atomic E-state index is 11.8. The third kappa shape index (κ3) is 1.67. The third-order valence-corrected chi connectivity index (χ3v) is 2.39. The van der Waals surface area contributed by atoms with E-state index in [2.05, 4.69) is 10.2 Å². The summed E-state index contributed by atoms with van der Waals surface area (Å²) in [6.07, 6.45) is 0. The van der Waals surface area contributed by atoms with Gasteiger partial charge in [-0.25, -0.2) is 4.68 Å². The van der Waals surface area contributed by atoms with E-state index in [-0.39, 0.29) is 11.3 Å². The van der Waals surface area contributed by atoms with Crippen molar-refractivity contribution in [2.24, 2.45) is 0 Å². The molecule has 0 spiro atoms. The fourth-order valence-electron chi connectivity index (χ4n) is 1.37. The second kappa shape index (κ2) is 3.77. The zero-order valence-electron chi connectivity index (χ0n) is 9.14. The number of rotatable bonds is 1. The zero-order chi connectivity index (χ0) is 11.7. The smallest absolute Gasteiger partial charge is 0.298 e. The number of hydrogen-bond donors (Lipinski definition) is 1. The van der Waals surface area contributed by atoms with Crippen molar-refractivity contribution in [3.63, 3.8) is 0 Å². The van der Waals surface area contributed by atoms with Gasteiger partial charge in [0.05, 0.1) is 0 Å². The first-order chi connectivity index (χ1) is 7.59. The average Bonchev–Trinajstić information content (AvgIpc) is 2.28. The quantitative estimate of drug-likeness (QED) is 0.710. The summed E-state index contributed by atoms with van der Waals surface area (Å²) in [7, 11) is 0. The molecule has 5 nitrogen and oxygen atoms in total. The molecule has 1 aromatic heterocycles. The first-order valence-electron chi connectivity index (χ1n) is 4.88. The van der Waals surface area contributed by atoms with Crippen molar-refractivity contribution in [2.45, 2.75) is 13.8 Å². The van der Waals surface area contributed by atoms with E-state index in [0.717, 1.165) is 15.8 Å². The standard InChI is InChI=1S/C11H12N4O/c1-7-3-5-9(6-4-7)10-11(16)15(12)8(2)13-14-10/h3-6H,12H2,1-2H3. The molecule has 0 saturated heterocycles. The molecule has 0 bridgehead atoms. The monoisotopic (exact) mass is 216 g/mol. The van der Waals surface area contributed by atoms with Crippen molar-refractivity contribution in [2.75, 3.05) is 5.84 Å². The highest BCUT2D eigenvalue weighted by atomic mass is 16.1. The molecule has 1 heterocycles. The van der Waals surface area contributed by atoms with Crippen LogP contribution >= 0.6 is 0 Å². The van der Waals surface area contributed by atoms with Crippen LogP contribution in [0.3, 0.4) is 0 Å². The fourth-order valence-corrected chi connectivity index (χ4v) is 1.37. The molecule has 0 amide bonds. The molecule has 0 saturated carbocycles. The zero-order valence-corrected chi connectivity index (χ0v) is 9.14. The Morgan fingerprint density at radius 1 is 1.12 bits per heavy atom. The maximum Gasteiger partial charge on any atom is 0.298 e. The molecule has 16 heavy (non-hydrogen) atoms. The molecule has 2 rings (SSSR count). The molecule has 0 aliphatic carbocycles. The Bertz CT molecular complexity index is 572. The molecule has 0 atom stereocenters. The summed E-state index contributed by atoms with van der Waals surface area (Å²) in [5.74, 6) is 5.94. The molecule has 82 valence electrons. The van der Waals surface area contributed by atoms with E-state index >= 15 is 0 Å². The van der Waals surface area contributed by atoms with Crippen LogP contribution in [0.4, 0.5) is 0 Å². The Balaban J connectivity index is 2.61. The van der Waals surface area contributed by atoms with Crippen molar-refractivity contribution in [1.29, 1.82) is 0 Å². The molecule has 0 fully saturated rings. The van der Waals surface area contributed by atoms with Crippen LogP contribution in [0.25, 0.3) is 11.3 Å². The maximum absolute atomic E-state index is 11.8. The summed E-state index contributed by atoms with van der Waals surface area (Å²) in [6, 6.07) is 7.49. The minimum absolute atomic E-state index is 0.271. The van der Waals surface area contributed by atoms with E-state index < -0.39 is 0 Å². The van der Waals surface area contributed by atoms with Crippen molar-refractivity contribution < 1.29 is 0 Å². The van der Waals surface area contributed by atoms with Crippen molar-refractivity contribution >= 4 is 0 Å².